The van der Waals surface area contributed by atoms with E-state index in [0.717, 1.165) is 18.9 Å². The summed E-state index contributed by atoms with van der Waals surface area (Å²) in [6, 6.07) is 4.49. The molecule has 0 bridgehead atoms. The van der Waals surface area contributed by atoms with Gasteiger partial charge in [-0.25, -0.2) is 0 Å². The third-order valence-corrected chi connectivity index (χ3v) is 3.89. The van der Waals surface area contributed by atoms with Crippen molar-refractivity contribution in [3.05, 3.63) is 29.3 Å². The summed E-state index contributed by atoms with van der Waals surface area (Å²) >= 11 is 0. The van der Waals surface area contributed by atoms with Gasteiger partial charge in [-0.1, -0.05) is 6.07 Å². The Kier molecular flexibility index (Phi) is 4.78. The number of aliphatic hydroxyl groups is 1. The molecule has 1 aliphatic carbocycles. The lowest BCUT2D eigenvalue weighted by Gasteiger charge is -2.27. The summed E-state index contributed by atoms with van der Waals surface area (Å²) in [5.41, 5.74) is 0.118. The topological polar surface area (TPSA) is 35.5 Å². The number of aliphatic hydroxyl groups excluding tert-OH is 1. The van der Waals surface area contributed by atoms with E-state index < -0.39 is 11.7 Å². The molecule has 1 atom stereocenters. The van der Waals surface area contributed by atoms with Gasteiger partial charge in [-0.05, 0) is 37.5 Å². The van der Waals surface area contributed by atoms with E-state index in [2.05, 4.69) is 5.32 Å². The fourth-order valence-electron chi connectivity index (χ4n) is 2.12. The van der Waals surface area contributed by atoms with Crippen LogP contribution in [-0.4, -0.2) is 30.8 Å². The van der Waals surface area contributed by atoms with Crippen molar-refractivity contribution in [1.29, 1.82) is 0 Å². The Hall–Kier alpha value is -1.27. The molecule has 0 aromatic heterocycles. The maximum absolute atomic E-state index is 13.2. The van der Waals surface area contributed by atoms with Gasteiger partial charge in [-0.2, -0.15) is 13.2 Å². The molecule has 1 unspecified atom stereocenters. The van der Waals surface area contributed by atoms with Crippen LogP contribution in [0.4, 0.5) is 18.9 Å². The van der Waals surface area contributed by atoms with E-state index in [4.69, 9.17) is 5.11 Å². The Morgan fingerprint density at radius 2 is 2.05 bits per heavy atom. The molecule has 2 N–H and O–H groups in total. The molecule has 0 spiro atoms. The Morgan fingerprint density at radius 3 is 2.57 bits per heavy atom. The van der Waals surface area contributed by atoms with Gasteiger partial charge in [0.15, 0.2) is 0 Å². The SMILES string of the molecule is CC(CO)N(C)c1ccc(CNC2CC2)c(C(F)(F)F)c1. The maximum atomic E-state index is 13.2. The lowest BCUT2D eigenvalue weighted by molar-refractivity contribution is -0.138. The molecule has 1 fully saturated rings. The van der Waals surface area contributed by atoms with E-state index in [9.17, 15) is 13.2 Å². The number of nitrogens with zero attached hydrogens (tertiary/aromatic N) is 1. The zero-order valence-corrected chi connectivity index (χ0v) is 12.2. The van der Waals surface area contributed by atoms with Crippen LogP contribution in [0.25, 0.3) is 0 Å². The first-order valence-corrected chi connectivity index (χ1v) is 7.10. The molecule has 21 heavy (non-hydrogen) atoms. The number of hydrogen-bond donors (Lipinski definition) is 2. The van der Waals surface area contributed by atoms with E-state index in [1.54, 1.807) is 24.9 Å². The Morgan fingerprint density at radius 1 is 1.38 bits per heavy atom. The number of nitrogens with one attached hydrogen (secondary N) is 1. The van der Waals surface area contributed by atoms with Gasteiger partial charge in [0, 0.05) is 31.4 Å². The standard InChI is InChI=1S/C15H21F3N2O/c1-10(9-21)20(2)13-6-3-11(8-19-12-4-5-12)14(7-13)15(16,17)18/h3,6-7,10,12,19,21H,4-5,8-9H2,1-2H3. The van der Waals surface area contributed by atoms with E-state index in [1.165, 1.54) is 6.07 Å². The molecule has 118 valence electrons. The minimum Gasteiger partial charge on any atom is -0.394 e. The van der Waals surface area contributed by atoms with Gasteiger partial charge >= 0.3 is 6.18 Å². The monoisotopic (exact) mass is 302 g/mol. The predicted molar refractivity (Wildman–Crippen MR) is 76.3 cm³/mol. The molecule has 6 heteroatoms. The van der Waals surface area contributed by atoms with Crippen LogP contribution in [0, 0.1) is 0 Å². The molecule has 0 aliphatic heterocycles. The molecule has 1 aromatic carbocycles. The van der Waals surface area contributed by atoms with Gasteiger partial charge in [-0.15, -0.1) is 0 Å². The highest BCUT2D eigenvalue weighted by atomic mass is 19.4. The van der Waals surface area contributed by atoms with Gasteiger partial charge in [0.1, 0.15) is 0 Å². The Balaban J connectivity index is 2.25. The average Bonchev–Trinajstić information content (AvgIpc) is 3.26. The summed E-state index contributed by atoms with van der Waals surface area (Å²) in [6.45, 7) is 1.89. The molecule has 0 heterocycles. The van der Waals surface area contributed by atoms with E-state index in [-0.39, 0.29) is 24.8 Å². The van der Waals surface area contributed by atoms with Crippen LogP contribution < -0.4 is 10.2 Å². The molecule has 2 rings (SSSR count). The van der Waals surface area contributed by atoms with Crippen molar-refractivity contribution in [2.45, 2.75) is 44.6 Å². The number of rotatable bonds is 6. The molecule has 1 saturated carbocycles. The van der Waals surface area contributed by atoms with Crippen LogP contribution in [0.1, 0.15) is 30.9 Å². The van der Waals surface area contributed by atoms with Gasteiger partial charge in [0.25, 0.3) is 0 Å². The molecular weight excluding hydrogens is 281 g/mol. The highest BCUT2D eigenvalue weighted by Crippen LogP contribution is 2.35. The lowest BCUT2D eigenvalue weighted by atomic mass is 10.0. The van der Waals surface area contributed by atoms with Crippen molar-refractivity contribution >= 4 is 5.69 Å². The minimum atomic E-state index is -4.38. The second-order valence-electron chi connectivity index (χ2n) is 5.64. The largest absolute Gasteiger partial charge is 0.416 e. The third-order valence-electron chi connectivity index (χ3n) is 3.89. The first-order valence-electron chi connectivity index (χ1n) is 7.10. The smallest absolute Gasteiger partial charge is 0.394 e. The number of hydrogen-bond acceptors (Lipinski definition) is 3. The van der Waals surface area contributed by atoms with Crippen molar-refractivity contribution in [3.8, 4) is 0 Å². The van der Waals surface area contributed by atoms with Gasteiger partial charge in [-0.3, -0.25) is 0 Å². The first-order chi connectivity index (χ1) is 9.82. The second kappa shape index (κ2) is 6.23. The number of benzene rings is 1. The maximum Gasteiger partial charge on any atom is 0.416 e. The van der Waals surface area contributed by atoms with Gasteiger partial charge < -0.3 is 15.3 Å². The fourth-order valence-corrected chi connectivity index (χ4v) is 2.12. The van der Waals surface area contributed by atoms with E-state index >= 15 is 0 Å². The molecule has 1 aromatic rings. The highest BCUT2D eigenvalue weighted by Gasteiger charge is 2.34. The average molecular weight is 302 g/mol. The second-order valence-corrected chi connectivity index (χ2v) is 5.64. The molecular formula is C15H21F3N2O. The van der Waals surface area contributed by atoms with Crippen molar-refractivity contribution < 1.29 is 18.3 Å². The van der Waals surface area contributed by atoms with Crippen molar-refractivity contribution in [1.82, 2.24) is 5.32 Å². The van der Waals surface area contributed by atoms with Crippen molar-refractivity contribution in [3.63, 3.8) is 0 Å². The summed E-state index contributed by atoms with van der Waals surface area (Å²) in [5.74, 6) is 0. The lowest BCUT2D eigenvalue weighted by Crippen LogP contribution is -2.32. The normalized spacial score (nSPS) is 16.9. The first kappa shape index (κ1) is 16.1. The van der Waals surface area contributed by atoms with E-state index in [0.29, 0.717) is 11.7 Å². The molecule has 0 amide bonds. The number of alkyl halides is 3. The third kappa shape index (κ3) is 4.11. The minimum absolute atomic E-state index is 0.108. The number of anilines is 1. The van der Waals surface area contributed by atoms with Crippen molar-refractivity contribution in [2.75, 3.05) is 18.6 Å². The molecule has 3 nitrogen and oxygen atoms in total. The summed E-state index contributed by atoms with van der Waals surface area (Å²) in [5, 5.41) is 12.2. The van der Waals surface area contributed by atoms with E-state index in [1.807, 2.05) is 0 Å². The Labute approximate surface area is 122 Å². The highest BCUT2D eigenvalue weighted by molar-refractivity contribution is 5.52. The zero-order chi connectivity index (χ0) is 15.6. The zero-order valence-electron chi connectivity index (χ0n) is 12.2. The number of likely N-dealkylation sites (N-methyl/N-ethyl adjacent to an activating group) is 1. The summed E-state index contributed by atoms with van der Waals surface area (Å²) in [4.78, 5) is 1.65. The van der Waals surface area contributed by atoms with Gasteiger partial charge in [0.05, 0.1) is 12.2 Å². The molecule has 0 saturated heterocycles. The summed E-state index contributed by atoms with van der Waals surface area (Å²) in [6.07, 6.45) is -2.30. The summed E-state index contributed by atoms with van der Waals surface area (Å²) < 4.78 is 39.7. The molecule has 1 aliphatic rings. The predicted octanol–water partition coefficient (Wildman–Crippen LogP) is 2.77. The van der Waals surface area contributed by atoms with Crippen LogP contribution in [0.5, 0.6) is 0 Å². The fraction of sp³-hybridized carbons (Fsp3) is 0.600. The van der Waals surface area contributed by atoms with Crippen molar-refractivity contribution in [2.24, 2.45) is 0 Å². The molecule has 0 radical (unpaired) electrons. The van der Waals surface area contributed by atoms with Crippen LogP contribution >= 0.6 is 0 Å². The van der Waals surface area contributed by atoms with Crippen LogP contribution in [0.2, 0.25) is 0 Å². The summed E-state index contributed by atoms with van der Waals surface area (Å²) in [7, 11) is 1.68. The van der Waals surface area contributed by atoms with Crippen LogP contribution in [0.3, 0.4) is 0 Å². The van der Waals surface area contributed by atoms with Crippen LogP contribution in [0.15, 0.2) is 18.2 Å². The number of halogens is 3. The van der Waals surface area contributed by atoms with Gasteiger partial charge in [0.2, 0.25) is 0 Å². The Bertz CT molecular complexity index is 486. The van der Waals surface area contributed by atoms with Crippen LogP contribution in [-0.2, 0) is 12.7 Å². The quantitative estimate of drug-likeness (QED) is 0.848.